The molecule has 1 amide bonds. The fourth-order valence-electron chi connectivity index (χ4n) is 5.47. The van der Waals surface area contributed by atoms with E-state index >= 15 is 0 Å². The van der Waals surface area contributed by atoms with Crippen molar-refractivity contribution in [1.82, 2.24) is 14.7 Å². The maximum Gasteiger partial charge on any atom is 0.236 e. The highest BCUT2D eigenvalue weighted by atomic mass is 16.5. The van der Waals surface area contributed by atoms with Crippen LogP contribution in [-0.2, 0) is 9.53 Å². The number of nitrogens with zero attached hydrogens (tertiary/aromatic N) is 3. The second-order valence-corrected chi connectivity index (χ2v) is 9.54. The Bertz CT molecular complexity index is 923. The molecule has 3 saturated heterocycles. The number of hydrogen-bond acceptors (Lipinski definition) is 4. The van der Waals surface area contributed by atoms with Crippen LogP contribution < -0.4 is 0 Å². The zero-order valence-electron chi connectivity index (χ0n) is 19.2. The molecular weight excluding hydrogens is 398 g/mol. The summed E-state index contributed by atoms with van der Waals surface area (Å²) in [7, 11) is 0. The molecule has 0 aromatic heterocycles. The highest BCUT2D eigenvalue weighted by Gasteiger charge is 2.41. The summed E-state index contributed by atoms with van der Waals surface area (Å²) in [5, 5.41) is 0. The molecule has 0 bridgehead atoms. The number of aryl methyl sites for hydroxylation is 1. The van der Waals surface area contributed by atoms with Crippen LogP contribution in [0, 0.1) is 6.92 Å². The molecular formula is C27H35N3O2. The van der Waals surface area contributed by atoms with Gasteiger partial charge in [-0.1, -0.05) is 48.5 Å². The SMILES string of the molecule is Cc1ccccc1-c1ccc(C2CN3CCCCN(C(=O)CN4CCOCC4)C[C@@H]23)cc1. The largest absolute Gasteiger partial charge is 0.379 e. The van der Waals surface area contributed by atoms with Gasteiger partial charge in [-0.2, -0.15) is 0 Å². The van der Waals surface area contributed by atoms with Gasteiger partial charge in [0.1, 0.15) is 0 Å². The van der Waals surface area contributed by atoms with Crippen LogP contribution >= 0.6 is 0 Å². The Labute approximate surface area is 191 Å². The Hall–Kier alpha value is -2.21. The number of carbonyl (C=O) groups excluding carboxylic acids is 1. The molecule has 2 aromatic carbocycles. The molecule has 0 radical (unpaired) electrons. The molecule has 0 saturated carbocycles. The van der Waals surface area contributed by atoms with Gasteiger partial charge in [-0.3, -0.25) is 14.6 Å². The smallest absolute Gasteiger partial charge is 0.236 e. The molecule has 3 heterocycles. The van der Waals surface area contributed by atoms with Crippen molar-refractivity contribution in [3.8, 4) is 11.1 Å². The van der Waals surface area contributed by atoms with Gasteiger partial charge in [0.25, 0.3) is 0 Å². The molecule has 2 aromatic rings. The van der Waals surface area contributed by atoms with Gasteiger partial charge in [0.2, 0.25) is 5.91 Å². The first kappa shape index (κ1) is 21.6. The number of carbonyl (C=O) groups is 1. The number of ether oxygens (including phenoxy) is 1. The molecule has 3 aliphatic heterocycles. The van der Waals surface area contributed by atoms with Crippen LogP contribution in [0.2, 0.25) is 0 Å². The zero-order valence-corrected chi connectivity index (χ0v) is 19.2. The number of rotatable bonds is 4. The fourth-order valence-corrected chi connectivity index (χ4v) is 5.47. The van der Waals surface area contributed by atoms with Crippen LogP contribution in [-0.4, -0.2) is 85.7 Å². The summed E-state index contributed by atoms with van der Waals surface area (Å²) in [5.74, 6) is 0.798. The first-order valence-corrected chi connectivity index (χ1v) is 12.2. The highest BCUT2D eigenvalue weighted by molar-refractivity contribution is 5.78. The molecule has 3 fully saturated rings. The van der Waals surface area contributed by atoms with E-state index in [9.17, 15) is 4.79 Å². The van der Waals surface area contributed by atoms with Crippen molar-refractivity contribution in [2.24, 2.45) is 0 Å². The number of fused-ring (bicyclic) bond motifs is 1. The van der Waals surface area contributed by atoms with Gasteiger partial charge in [0, 0.05) is 44.7 Å². The molecule has 5 heteroatoms. The molecule has 2 atom stereocenters. The van der Waals surface area contributed by atoms with Crippen molar-refractivity contribution < 1.29 is 9.53 Å². The molecule has 1 unspecified atom stereocenters. The lowest BCUT2D eigenvalue weighted by molar-refractivity contribution is -0.136. The maximum atomic E-state index is 13.1. The lowest BCUT2D eigenvalue weighted by atomic mass is 9.81. The van der Waals surface area contributed by atoms with E-state index in [-0.39, 0.29) is 5.91 Å². The van der Waals surface area contributed by atoms with Gasteiger partial charge in [-0.15, -0.1) is 0 Å². The lowest BCUT2D eigenvalue weighted by Crippen LogP contribution is -2.61. The Balaban J connectivity index is 1.27. The Morgan fingerprint density at radius 2 is 1.69 bits per heavy atom. The van der Waals surface area contributed by atoms with Crippen molar-refractivity contribution in [3.05, 3.63) is 59.7 Å². The van der Waals surface area contributed by atoms with E-state index in [1.54, 1.807) is 0 Å². The lowest BCUT2D eigenvalue weighted by Gasteiger charge is -2.51. The molecule has 5 rings (SSSR count). The normalized spacial score (nSPS) is 24.8. The summed E-state index contributed by atoms with van der Waals surface area (Å²) in [6, 6.07) is 18.2. The zero-order chi connectivity index (χ0) is 21.9. The minimum Gasteiger partial charge on any atom is -0.379 e. The van der Waals surface area contributed by atoms with E-state index in [1.807, 2.05) is 0 Å². The monoisotopic (exact) mass is 433 g/mol. The van der Waals surface area contributed by atoms with Crippen LogP contribution in [0.4, 0.5) is 0 Å². The second-order valence-electron chi connectivity index (χ2n) is 9.54. The topological polar surface area (TPSA) is 36.0 Å². The Kier molecular flexibility index (Phi) is 6.58. The third kappa shape index (κ3) is 4.61. The molecule has 170 valence electrons. The first-order chi connectivity index (χ1) is 15.7. The van der Waals surface area contributed by atoms with E-state index in [0.717, 1.165) is 58.9 Å². The van der Waals surface area contributed by atoms with E-state index in [0.29, 0.717) is 18.5 Å². The highest BCUT2D eigenvalue weighted by Crippen LogP contribution is 2.37. The van der Waals surface area contributed by atoms with Crippen LogP contribution in [0.25, 0.3) is 11.1 Å². The van der Waals surface area contributed by atoms with E-state index in [4.69, 9.17) is 4.74 Å². The molecule has 5 nitrogen and oxygen atoms in total. The molecule has 32 heavy (non-hydrogen) atoms. The number of morpholine rings is 1. The van der Waals surface area contributed by atoms with E-state index in [2.05, 4.69) is 70.2 Å². The number of benzene rings is 2. The van der Waals surface area contributed by atoms with Gasteiger partial charge in [0.05, 0.1) is 19.8 Å². The Morgan fingerprint density at radius 3 is 2.47 bits per heavy atom. The molecule has 0 aliphatic carbocycles. The predicted octanol–water partition coefficient (Wildman–Crippen LogP) is 3.38. The molecule has 0 spiro atoms. The Morgan fingerprint density at radius 1 is 0.938 bits per heavy atom. The van der Waals surface area contributed by atoms with Crippen molar-refractivity contribution in [3.63, 3.8) is 0 Å². The standard InChI is InChI=1S/C27H35N3O2/c1-21-6-2-3-7-24(21)22-8-10-23(11-9-22)25-18-29-12-4-5-13-30(19-26(25)29)27(31)20-28-14-16-32-17-15-28/h2-3,6-11,25-26H,4-5,12-20H2,1H3/t25?,26-/m0/s1. The van der Waals surface area contributed by atoms with Gasteiger partial charge in [-0.05, 0) is 48.6 Å². The quantitative estimate of drug-likeness (QED) is 0.741. The molecule has 3 aliphatic rings. The van der Waals surface area contributed by atoms with Crippen molar-refractivity contribution in [1.29, 1.82) is 0 Å². The summed E-state index contributed by atoms with van der Waals surface area (Å²) >= 11 is 0. The minimum absolute atomic E-state index is 0.286. The first-order valence-electron chi connectivity index (χ1n) is 12.2. The van der Waals surface area contributed by atoms with Gasteiger partial charge >= 0.3 is 0 Å². The predicted molar refractivity (Wildman–Crippen MR) is 128 cm³/mol. The van der Waals surface area contributed by atoms with Crippen molar-refractivity contribution >= 4 is 5.91 Å². The summed E-state index contributed by atoms with van der Waals surface area (Å²) in [4.78, 5) is 20.1. The fraction of sp³-hybridized carbons (Fsp3) is 0.519. The summed E-state index contributed by atoms with van der Waals surface area (Å²) in [6.07, 6.45) is 2.28. The van der Waals surface area contributed by atoms with E-state index < -0.39 is 0 Å². The van der Waals surface area contributed by atoms with Crippen molar-refractivity contribution in [2.75, 3.05) is 59.0 Å². The average Bonchev–Trinajstić information content (AvgIpc) is 2.80. The summed E-state index contributed by atoms with van der Waals surface area (Å²) < 4.78 is 5.44. The van der Waals surface area contributed by atoms with Gasteiger partial charge in [0.15, 0.2) is 0 Å². The molecule has 0 N–H and O–H groups in total. The van der Waals surface area contributed by atoms with Crippen LogP contribution in [0.1, 0.15) is 29.9 Å². The summed E-state index contributed by atoms with van der Waals surface area (Å²) in [5.41, 5.74) is 5.30. The maximum absolute atomic E-state index is 13.1. The number of amides is 1. The third-order valence-electron chi connectivity index (χ3n) is 7.51. The minimum atomic E-state index is 0.286. The number of hydrogen-bond donors (Lipinski definition) is 0. The average molecular weight is 434 g/mol. The van der Waals surface area contributed by atoms with Crippen LogP contribution in [0.3, 0.4) is 0 Å². The van der Waals surface area contributed by atoms with Gasteiger partial charge in [-0.25, -0.2) is 0 Å². The summed E-state index contributed by atoms with van der Waals surface area (Å²) in [6.45, 7) is 9.94. The van der Waals surface area contributed by atoms with Crippen LogP contribution in [0.15, 0.2) is 48.5 Å². The van der Waals surface area contributed by atoms with Crippen molar-refractivity contribution in [2.45, 2.75) is 31.7 Å². The van der Waals surface area contributed by atoms with Crippen LogP contribution in [0.5, 0.6) is 0 Å². The second kappa shape index (κ2) is 9.74. The van der Waals surface area contributed by atoms with Gasteiger partial charge < -0.3 is 9.64 Å². The van der Waals surface area contributed by atoms with E-state index in [1.165, 1.54) is 28.7 Å². The third-order valence-corrected chi connectivity index (χ3v) is 7.51.